The van der Waals surface area contributed by atoms with E-state index in [9.17, 15) is 13.2 Å². The minimum absolute atomic E-state index is 0.301. The summed E-state index contributed by atoms with van der Waals surface area (Å²) >= 11 is 0. The maximum absolute atomic E-state index is 11.7. The van der Waals surface area contributed by atoms with Gasteiger partial charge in [0.2, 0.25) is 0 Å². The summed E-state index contributed by atoms with van der Waals surface area (Å²) in [6.07, 6.45) is -2.70. The maximum Gasteiger partial charge on any atom is 0.409 e. The van der Waals surface area contributed by atoms with Gasteiger partial charge in [0.15, 0.2) is 0 Å². The van der Waals surface area contributed by atoms with E-state index in [1.54, 1.807) is 0 Å². The molecule has 76 valence electrons. The third kappa shape index (κ3) is 4.90. The zero-order valence-corrected chi connectivity index (χ0v) is 7.27. The lowest BCUT2D eigenvalue weighted by molar-refractivity contribution is -0.0801. The van der Waals surface area contributed by atoms with Gasteiger partial charge in [-0.05, 0) is 0 Å². The van der Waals surface area contributed by atoms with Crippen molar-refractivity contribution in [3.05, 3.63) is 12.2 Å². The van der Waals surface area contributed by atoms with Crippen molar-refractivity contribution >= 4 is 0 Å². The number of halogens is 3. The lowest BCUT2D eigenvalue weighted by Gasteiger charge is -2.25. The predicted molar refractivity (Wildman–Crippen MR) is 44.5 cm³/mol. The second kappa shape index (κ2) is 4.62. The summed E-state index contributed by atoms with van der Waals surface area (Å²) in [6.45, 7) is 3.76. The van der Waals surface area contributed by atoms with Crippen molar-refractivity contribution in [2.75, 3.05) is 32.7 Å². The van der Waals surface area contributed by atoms with Gasteiger partial charge in [-0.2, -0.15) is 13.2 Å². The summed E-state index contributed by atoms with van der Waals surface area (Å²) in [7, 11) is 0. The molecule has 0 radical (unpaired) electrons. The molecule has 0 unspecified atom stereocenters. The van der Waals surface area contributed by atoms with E-state index in [1.807, 2.05) is 4.90 Å². The molecule has 0 aromatic rings. The van der Waals surface area contributed by atoms with Crippen molar-refractivity contribution in [2.45, 2.75) is 6.18 Å². The van der Waals surface area contributed by atoms with E-state index in [0.29, 0.717) is 12.6 Å². The average Bonchev–Trinajstić information content (AvgIpc) is 2.04. The van der Waals surface area contributed by atoms with E-state index in [4.69, 9.17) is 0 Å². The fraction of sp³-hybridized carbons (Fsp3) is 0.750. The van der Waals surface area contributed by atoms with E-state index < -0.39 is 6.18 Å². The van der Waals surface area contributed by atoms with Crippen molar-refractivity contribution in [1.82, 2.24) is 10.2 Å². The average molecular weight is 194 g/mol. The van der Waals surface area contributed by atoms with Gasteiger partial charge in [-0.1, -0.05) is 6.08 Å². The highest BCUT2D eigenvalue weighted by molar-refractivity contribution is 4.91. The molecule has 0 atom stereocenters. The highest BCUT2D eigenvalue weighted by Gasteiger charge is 2.21. The molecular formula is C8H13F3N2. The number of alkyl halides is 3. The molecule has 13 heavy (non-hydrogen) atoms. The second-order valence-corrected chi connectivity index (χ2v) is 2.99. The monoisotopic (exact) mass is 194 g/mol. The Kier molecular flexibility index (Phi) is 3.74. The first-order chi connectivity index (χ1) is 6.08. The Hall–Kier alpha value is -0.550. The summed E-state index contributed by atoms with van der Waals surface area (Å²) in [6, 6.07) is 0. The van der Waals surface area contributed by atoms with Gasteiger partial charge in [0, 0.05) is 38.8 Å². The van der Waals surface area contributed by atoms with Crippen LogP contribution in [-0.4, -0.2) is 43.8 Å². The standard InChI is InChI=1S/C8H13F3N2/c9-8(10,11)2-1-5-13-6-3-12-4-7-13/h1-2,12H,3-7H2/b2-1+. The largest absolute Gasteiger partial charge is 0.409 e. The lowest BCUT2D eigenvalue weighted by Crippen LogP contribution is -2.43. The lowest BCUT2D eigenvalue weighted by atomic mass is 10.3. The Labute approximate surface area is 75.4 Å². The Bertz CT molecular complexity index is 171. The molecule has 5 heteroatoms. The molecule has 1 aliphatic rings. The molecular weight excluding hydrogens is 181 g/mol. The van der Waals surface area contributed by atoms with Crippen LogP contribution in [0.4, 0.5) is 13.2 Å². The van der Waals surface area contributed by atoms with Crippen LogP contribution in [0.1, 0.15) is 0 Å². The van der Waals surface area contributed by atoms with Crippen molar-refractivity contribution in [1.29, 1.82) is 0 Å². The minimum Gasteiger partial charge on any atom is -0.314 e. The molecule has 1 rings (SSSR count). The van der Waals surface area contributed by atoms with Crippen LogP contribution >= 0.6 is 0 Å². The number of hydrogen-bond acceptors (Lipinski definition) is 2. The van der Waals surface area contributed by atoms with E-state index in [2.05, 4.69) is 5.32 Å². The Balaban J connectivity index is 2.21. The fourth-order valence-electron chi connectivity index (χ4n) is 1.23. The maximum atomic E-state index is 11.7. The number of hydrogen-bond donors (Lipinski definition) is 1. The van der Waals surface area contributed by atoms with Crippen molar-refractivity contribution in [3.8, 4) is 0 Å². The van der Waals surface area contributed by atoms with Crippen LogP contribution < -0.4 is 5.32 Å². The van der Waals surface area contributed by atoms with Crippen LogP contribution in [0.2, 0.25) is 0 Å². The van der Waals surface area contributed by atoms with Gasteiger partial charge in [0.25, 0.3) is 0 Å². The molecule has 0 saturated carbocycles. The summed E-state index contributed by atoms with van der Waals surface area (Å²) in [4.78, 5) is 1.98. The van der Waals surface area contributed by atoms with Gasteiger partial charge < -0.3 is 5.32 Å². The van der Waals surface area contributed by atoms with Crippen LogP contribution in [0.3, 0.4) is 0 Å². The smallest absolute Gasteiger partial charge is 0.314 e. The first kappa shape index (κ1) is 10.5. The van der Waals surface area contributed by atoms with Gasteiger partial charge >= 0.3 is 6.18 Å². The van der Waals surface area contributed by atoms with Gasteiger partial charge in [0.1, 0.15) is 0 Å². The zero-order chi connectivity index (χ0) is 9.73. The van der Waals surface area contributed by atoms with Gasteiger partial charge in [-0.15, -0.1) is 0 Å². The topological polar surface area (TPSA) is 15.3 Å². The van der Waals surface area contributed by atoms with Crippen LogP contribution in [0.5, 0.6) is 0 Å². The number of nitrogens with one attached hydrogen (secondary N) is 1. The van der Waals surface area contributed by atoms with E-state index in [0.717, 1.165) is 26.2 Å². The first-order valence-electron chi connectivity index (χ1n) is 4.25. The van der Waals surface area contributed by atoms with Gasteiger partial charge in [-0.3, -0.25) is 4.90 Å². The molecule has 0 spiro atoms. The molecule has 1 saturated heterocycles. The van der Waals surface area contributed by atoms with Crippen molar-refractivity contribution in [3.63, 3.8) is 0 Å². The molecule has 0 amide bonds. The van der Waals surface area contributed by atoms with Crippen molar-refractivity contribution in [2.24, 2.45) is 0 Å². The summed E-state index contributed by atoms with van der Waals surface area (Å²) in [5, 5.41) is 3.13. The second-order valence-electron chi connectivity index (χ2n) is 2.99. The number of allylic oxidation sites excluding steroid dienone is 1. The Morgan fingerprint density at radius 2 is 1.85 bits per heavy atom. The van der Waals surface area contributed by atoms with Gasteiger partial charge in [0.05, 0.1) is 0 Å². The van der Waals surface area contributed by atoms with Gasteiger partial charge in [-0.25, -0.2) is 0 Å². The third-order valence-electron chi connectivity index (χ3n) is 1.88. The van der Waals surface area contributed by atoms with Crippen LogP contribution in [0.15, 0.2) is 12.2 Å². The normalized spacial score (nSPS) is 21.2. The number of piperazine rings is 1. The highest BCUT2D eigenvalue weighted by Crippen LogP contribution is 2.15. The SMILES string of the molecule is FC(F)(F)/C=C/CN1CCNCC1. The summed E-state index contributed by atoms with van der Waals surface area (Å²) in [5.74, 6) is 0. The Morgan fingerprint density at radius 3 is 2.38 bits per heavy atom. The fourth-order valence-corrected chi connectivity index (χ4v) is 1.23. The molecule has 1 N–H and O–H groups in total. The molecule has 0 aromatic carbocycles. The number of rotatable bonds is 2. The third-order valence-corrected chi connectivity index (χ3v) is 1.88. The van der Waals surface area contributed by atoms with E-state index in [1.165, 1.54) is 6.08 Å². The molecule has 1 fully saturated rings. The summed E-state index contributed by atoms with van der Waals surface area (Å²) < 4.78 is 35.1. The molecule has 0 aromatic heterocycles. The molecule has 1 heterocycles. The highest BCUT2D eigenvalue weighted by atomic mass is 19.4. The first-order valence-corrected chi connectivity index (χ1v) is 4.25. The molecule has 0 aliphatic carbocycles. The quantitative estimate of drug-likeness (QED) is 0.660. The molecule has 1 aliphatic heterocycles. The molecule has 0 bridgehead atoms. The van der Waals surface area contributed by atoms with Crippen LogP contribution in [-0.2, 0) is 0 Å². The van der Waals surface area contributed by atoms with E-state index in [-0.39, 0.29) is 0 Å². The van der Waals surface area contributed by atoms with Crippen LogP contribution in [0, 0.1) is 0 Å². The van der Waals surface area contributed by atoms with E-state index >= 15 is 0 Å². The summed E-state index contributed by atoms with van der Waals surface area (Å²) in [5.41, 5.74) is 0. The molecule has 2 nitrogen and oxygen atoms in total. The number of nitrogens with zero attached hydrogens (tertiary/aromatic N) is 1. The predicted octanol–water partition coefficient (Wildman–Crippen LogP) is 1.01. The van der Waals surface area contributed by atoms with Crippen LogP contribution in [0.25, 0.3) is 0 Å². The van der Waals surface area contributed by atoms with Crippen molar-refractivity contribution < 1.29 is 13.2 Å². The zero-order valence-electron chi connectivity index (χ0n) is 7.27. The Morgan fingerprint density at radius 1 is 1.23 bits per heavy atom. The minimum atomic E-state index is -4.17.